The molecule has 0 saturated heterocycles. The summed E-state index contributed by atoms with van der Waals surface area (Å²) in [5.74, 6) is -0.631. The Morgan fingerprint density at radius 3 is 2.44 bits per heavy atom. The smallest absolute Gasteiger partial charge is 0.255 e. The van der Waals surface area contributed by atoms with Gasteiger partial charge in [0.15, 0.2) is 0 Å². The summed E-state index contributed by atoms with van der Waals surface area (Å²) in [4.78, 5) is 12.0. The maximum Gasteiger partial charge on any atom is 0.255 e. The molecule has 9 heteroatoms. The normalized spacial score (nSPS) is 11.7. The number of amides is 1. The van der Waals surface area contributed by atoms with Crippen molar-refractivity contribution in [3.05, 3.63) is 57.1 Å². The fourth-order valence-electron chi connectivity index (χ4n) is 2.67. The van der Waals surface area contributed by atoms with Gasteiger partial charge in [-0.3, -0.25) is 4.79 Å². The van der Waals surface area contributed by atoms with E-state index >= 15 is 0 Å². The van der Waals surface area contributed by atoms with Crippen LogP contribution in [0.5, 0.6) is 5.75 Å². The number of phenols is 1. The average Bonchev–Trinajstić information content (AvgIpc) is 2.55. The Labute approximate surface area is 166 Å². The van der Waals surface area contributed by atoms with Crippen LogP contribution in [0.3, 0.4) is 0 Å². The Bertz CT molecular complexity index is 981. The molecule has 0 aliphatic rings. The predicted molar refractivity (Wildman–Crippen MR) is 107 cm³/mol. The van der Waals surface area contributed by atoms with E-state index in [1.165, 1.54) is 12.3 Å². The summed E-state index contributed by atoms with van der Waals surface area (Å²) < 4.78 is 28.0. The van der Waals surface area contributed by atoms with E-state index in [1.807, 2.05) is 6.92 Å². The lowest BCUT2D eigenvalue weighted by molar-refractivity contribution is -0.119. The Morgan fingerprint density at radius 2 is 1.81 bits per heavy atom. The molecule has 0 heterocycles. The molecule has 0 aromatic heterocycles. The van der Waals surface area contributed by atoms with Crippen molar-refractivity contribution in [2.24, 2.45) is 5.10 Å². The number of hydrogen-bond acceptors (Lipinski definition) is 5. The molecular weight excluding hydrogens is 434 g/mol. The SMILES string of the molecule is Cc1cc(C)c(S(=O)(=O)NCC(=O)N/N=C\c2cc(Br)ccc2O)c(C)c1. The molecule has 0 radical (unpaired) electrons. The molecule has 0 aliphatic heterocycles. The lowest BCUT2D eigenvalue weighted by atomic mass is 10.1. The molecule has 0 bridgehead atoms. The number of aryl methyl sites for hydroxylation is 3. The van der Waals surface area contributed by atoms with Crippen LogP contribution in [0, 0.1) is 20.8 Å². The first-order chi connectivity index (χ1) is 12.6. The van der Waals surface area contributed by atoms with E-state index in [2.05, 4.69) is 31.2 Å². The summed E-state index contributed by atoms with van der Waals surface area (Å²) in [5.41, 5.74) is 4.81. The van der Waals surface area contributed by atoms with E-state index in [0.717, 1.165) is 10.0 Å². The van der Waals surface area contributed by atoms with Crippen LogP contribution in [0.25, 0.3) is 0 Å². The zero-order valence-corrected chi connectivity index (χ0v) is 17.5. The molecule has 144 valence electrons. The van der Waals surface area contributed by atoms with Crippen LogP contribution in [0.1, 0.15) is 22.3 Å². The van der Waals surface area contributed by atoms with Crippen molar-refractivity contribution < 1.29 is 18.3 Å². The van der Waals surface area contributed by atoms with Crippen LogP contribution in [0.4, 0.5) is 0 Å². The van der Waals surface area contributed by atoms with Crippen LogP contribution in [-0.4, -0.2) is 32.2 Å². The number of rotatable bonds is 6. The van der Waals surface area contributed by atoms with Gasteiger partial charge >= 0.3 is 0 Å². The monoisotopic (exact) mass is 453 g/mol. The largest absolute Gasteiger partial charge is 0.507 e. The van der Waals surface area contributed by atoms with E-state index in [-0.39, 0.29) is 10.6 Å². The standard InChI is InChI=1S/C18H20BrN3O4S/c1-11-6-12(2)18(13(3)7-11)27(25,26)21-10-17(24)22-20-9-14-8-15(19)4-5-16(14)23/h4-9,21,23H,10H2,1-3H3,(H,22,24)/b20-9-. The van der Waals surface area contributed by atoms with E-state index in [9.17, 15) is 18.3 Å². The van der Waals surface area contributed by atoms with Crippen LogP contribution in [-0.2, 0) is 14.8 Å². The number of sulfonamides is 1. The quantitative estimate of drug-likeness (QED) is 0.461. The molecule has 2 aromatic rings. The van der Waals surface area contributed by atoms with E-state index < -0.39 is 22.5 Å². The lowest BCUT2D eigenvalue weighted by Crippen LogP contribution is -2.35. The highest BCUT2D eigenvalue weighted by atomic mass is 79.9. The van der Waals surface area contributed by atoms with Crippen molar-refractivity contribution in [2.75, 3.05) is 6.54 Å². The van der Waals surface area contributed by atoms with Gasteiger partial charge in [-0.1, -0.05) is 33.6 Å². The highest BCUT2D eigenvalue weighted by Crippen LogP contribution is 2.21. The van der Waals surface area contributed by atoms with Crippen LogP contribution in [0.15, 0.2) is 44.8 Å². The molecule has 0 saturated carbocycles. The van der Waals surface area contributed by atoms with Crippen molar-refractivity contribution in [1.82, 2.24) is 10.1 Å². The lowest BCUT2D eigenvalue weighted by Gasteiger charge is -2.12. The number of hydrazone groups is 1. The minimum atomic E-state index is -3.83. The summed E-state index contributed by atoms with van der Waals surface area (Å²) in [7, 11) is -3.83. The number of halogens is 1. The zero-order chi connectivity index (χ0) is 20.2. The Balaban J connectivity index is 2.01. The third-order valence-corrected chi connectivity index (χ3v) is 5.88. The molecule has 2 aromatic carbocycles. The summed E-state index contributed by atoms with van der Waals surface area (Å²) >= 11 is 3.27. The highest BCUT2D eigenvalue weighted by molar-refractivity contribution is 9.10. The van der Waals surface area contributed by atoms with E-state index in [0.29, 0.717) is 16.7 Å². The number of phenolic OH excluding ortho intramolecular Hbond substituents is 1. The minimum absolute atomic E-state index is 0.00206. The summed E-state index contributed by atoms with van der Waals surface area (Å²) in [6.07, 6.45) is 1.26. The Morgan fingerprint density at radius 1 is 1.19 bits per heavy atom. The third-order valence-electron chi connectivity index (χ3n) is 3.68. The Kier molecular flexibility index (Phi) is 6.74. The van der Waals surface area contributed by atoms with Gasteiger partial charge in [0, 0.05) is 10.0 Å². The zero-order valence-electron chi connectivity index (χ0n) is 15.1. The van der Waals surface area contributed by atoms with Gasteiger partial charge in [-0.15, -0.1) is 0 Å². The number of carbonyl (C=O) groups excluding carboxylic acids is 1. The molecule has 0 atom stereocenters. The Hall–Kier alpha value is -2.23. The molecule has 1 amide bonds. The summed E-state index contributed by atoms with van der Waals surface area (Å²) in [5, 5.41) is 13.4. The van der Waals surface area contributed by atoms with E-state index in [4.69, 9.17) is 0 Å². The number of benzene rings is 2. The van der Waals surface area contributed by atoms with Crippen molar-refractivity contribution in [2.45, 2.75) is 25.7 Å². The van der Waals surface area contributed by atoms with Crippen LogP contribution in [0.2, 0.25) is 0 Å². The number of aromatic hydroxyl groups is 1. The second-order valence-corrected chi connectivity index (χ2v) is 8.67. The second-order valence-electron chi connectivity index (χ2n) is 6.05. The molecule has 7 nitrogen and oxygen atoms in total. The second kappa shape index (κ2) is 8.64. The van der Waals surface area contributed by atoms with Gasteiger partial charge in [0.05, 0.1) is 17.7 Å². The maximum absolute atomic E-state index is 12.5. The third kappa shape index (κ3) is 5.62. The van der Waals surface area contributed by atoms with Gasteiger partial charge in [-0.2, -0.15) is 5.10 Å². The van der Waals surface area contributed by atoms with Gasteiger partial charge in [0.1, 0.15) is 5.75 Å². The molecular formula is C18H20BrN3O4S. The number of nitrogens with zero attached hydrogens (tertiary/aromatic N) is 1. The molecule has 0 spiro atoms. The first-order valence-electron chi connectivity index (χ1n) is 7.98. The predicted octanol–water partition coefficient (Wildman–Crippen LogP) is 2.51. The molecule has 0 aliphatic carbocycles. The highest BCUT2D eigenvalue weighted by Gasteiger charge is 2.20. The molecule has 0 unspecified atom stereocenters. The maximum atomic E-state index is 12.5. The summed E-state index contributed by atoms with van der Waals surface area (Å²) in [6.45, 7) is 4.85. The van der Waals surface area contributed by atoms with Crippen LogP contribution >= 0.6 is 15.9 Å². The average molecular weight is 454 g/mol. The summed E-state index contributed by atoms with van der Waals surface area (Å²) in [6, 6.07) is 8.31. The van der Waals surface area contributed by atoms with Gasteiger partial charge in [0.25, 0.3) is 5.91 Å². The molecule has 27 heavy (non-hydrogen) atoms. The fourth-order valence-corrected chi connectivity index (χ4v) is 4.48. The molecule has 0 fully saturated rings. The van der Waals surface area contributed by atoms with Crippen molar-refractivity contribution in [1.29, 1.82) is 0 Å². The fraction of sp³-hybridized carbons (Fsp3) is 0.222. The topological polar surface area (TPSA) is 108 Å². The van der Waals surface area contributed by atoms with Crippen molar-refractivity contribution >= 4 is 38.1 Å². The number of nitrogens with one attached hydrogen (secondary N) is 2. The van der Waals surface area contributed by atoms with Gasteiger partial charge < -0.3 is 5.11 Å². The molecule has 2 rings (SSSR count). The number of hydrogen-bond donors (Lipinski definition) is 3. The first-order valence-corrected chi connectivity index (χ1v) is 10.3. The van der Waals surface area contributed by atoms with E-state index in [1.54, 1.807) is 38.1 Å². The molecule has 3 N–H and O–H groups in total. The minimum Gasteiger partial charge on any atom is -0.507 e. The van der Waals surface area contributed by atoms with Gasteiger partial charge in [0.2, 0.25) is 10.0 Å². The van der Waals surface area contributed by atoms with Crippen molar-refractivity contribution in [3.63, 3.8) is 0 Å². The van der Waals surface area contributed by atoms with Crippen molar-refractivity contribution in [3.8, 4) is 5.75 Å². The van der Waals surface area contributed by atoms with Gasteiger partial charge in [-0.25, -0.2) is 18.6 Å². The van der Waals surface area contributed by atoms with Gasteiger partial charge in [-0.05, 0) is 50.1 Å². The van der Waals surface area contributed by atoms with Crippen LogP contribution < -0.4 is 10.1 Å². The number of carbonyl (C=O) groups is 1. The first kappa shape index (κ1) is 21.1.